The maximum absolute atomic E-state index is 14.1. The molecule has 3 heterocycles. The van der Waals surface area contributed by atoms with Crippen LogP contribution in [0.3, 0.4) is 0 Å². The summed E-state index contributed by atoms with van der Waals surface area (Å²) in [6.45, 7) is 11.3. The number of rotatable bonds is 7. The lowest BCUT2D eigenvalue weighted by molar-refractivity contribution is -0.143. The Hall–Kier alpha value is -4.15. The molecule has 8 nitrogen and oxygen atoms in total. The van der Waals surface area contributed by atoms with Crippen LogP contribution >= 0.6 is 23.1 Å². The van der Waals surface area contributed by atoms with Gasteiger partial charge in [-0.15, -0.1) is 11.8 Å². The Labute approximate surface area is 264 Å². The van der Waals surface area contributed by atoms with Gasteiger partial charge in [0.1, 0.15) is 0 Å². The normalized spacial score (nSPS) is 14.9. The number of carbonyl (C=O) groups excluding carboxylic acids is 2. The van der Waals surface area contributed by atoms with Gasteiger partial charge in [0.25, 0.3) is 5.56 Å². The van der Waals surface area contributed by atoms with Crippen LogP contribution in [0.1, 0.15) is 65.2 Å². The van der Waals surface area contributed by atoms with Crippen LogP contribution in [0.15, 0.2) is 74.5 Å². The molecule has 2 aromatic carbocycles. The number of hydrogen-bond donors (Lipinski definition) is 0. The summed E-state index contributed by atoms with van der Waals surface area (Å²) in [5.41, 5.74) is 6.36. The molecule has 2 aromatic heterocycles. The number of benzene rings is 2. The molecule has 0 fully saturated rings. The number of aromatic nitrogens is 2. The first-order chi connectivity index (χ1) is 21.0. The molecule has 0 spiro atoms. The lowest BCUT2D eigenvalue weighted by Gasteiger charge is -2.25. The Morgan fingerprint density at radius 3 is 2.39 bits per heavy atom. The van der Waals surface area contributed by atoms with E-state index in [2.05, 4.69) is 4.57 Å². The second kappa shape index (κ2) is 12.5. The SMILES string of the molecule is COC(=O)c1cccc(-n2c(C)cc(/C=c3\sc4n(c3=O)[C@H](c3ccc(SC)cc3)C(C(=O)OC(C)C)=C(C)N=4)c2C)c1C. The van der Waals surface area contributed by atoms with Crippen LogP contribution in [-0.4, -0.2) is 40.5 Å². The van der Waals surface area contributed by atoms with E-state index in [0.29, 0.717) is 26.2 Å². The summed E-state index contributed by atoms with van der Waals surface area (Å²) in [4.78, 5) is 46.2. The molecule has 0 amide bonds. The maximum Gasteiger partial charge on any atom is 0.338 e. The highest BCUT2D eigenvalue weighted by molar-refractivity contribution is 7.98. The average Bonchev–Trinajstić information content (AvgIpc) is 3.45. The van der Waals surface area contributed by atoms with Crippen LogP contribution < -0.4 is 14.9 Å². The largest absolute Gasteiger partial charge is 0.465 e. The molecule has 4 aromatic rings. The molecule has 1 aliphatic heterocycles. The van der Waals surface area contributed by atoms with E-state index in [1.165, 1.54) is 18.4 Å². The minimum atomic E-state index is -0.674. The summed E-state index contributed by atoms with van der Waals surface area (Å²) in [5, 5.41) is 0. The van der Waals surface area contributed by atoms with Crippen LogP contribution in [0.5, 0.6) is 0 Å². The van der Waals surface area contributed by atoms with Gasteiger partial charge in [-0.05, 0) is 101 Å². The van der Waals surface area contributed by atoms with Crippen LogP contribution in [-0.2, 0) is 14.3 Å². The molecule has 0 unspecified atom stereocenters. The maximum atomic E-state index is 14.1. The van der Waals surface area contributed by atoms with Gasteiger partial charge in [-0.3, -0.25) is 9.36 Å². The highest BCUT2D eigenvalue weighted by Crippen LogP contribution is 2.32. The zero-order valence-corrected chi connectivity index (χ0v) is 27.7. The Morgan fingerprint density at radius 2 is 1.75 bits per heavy atom. The average molecular weight is 630 g/mol. The minimum Gasteiger partial charge on any atom is -0.465 e. The number of hydrogen-bond acceptors (Lipinski definition) is 8. The number of carbonyl (C=O) groups is 2. The van der Waals surface area contributed by atoms with Gasteiger partial charge < -0.3 is 14.0 Å². The summed E-state index contributed by atoms with van der Waals surface area (Å²) < 4.78 is 14.8. The van der Waals surface area contributed by atoms with Crippen molar-refractivity contribution in [2.45, 2.75) is 58.6 Å². The highest BCUT2D eigenvalue weighted by atomic mass is 32.2. The van der Waals surface area contributed by atoms with E-state index in [4.69, 9.17) is 14.5 Å². The Bertz CT molecular complexity index is 2000. The van der Waals surface area contributed by atoms with Crippen molar-refractivity contribution in [2.75, 3.05) is 13.4 Å². The molecular formula is C34H35N3O5S2. The number of fused-ring (bicyclic) bond motifs is 1. The smallest absolute Gasteiger partial charge is 0.338 e. The minimum absolute atomic E-state index is 0.233. The summed E-state index contributed by atoms with van der Waals surface area (Å²) in [6, 6.07) is 14.8. The zero-order chi connectivity index (χ0) is 31.9. The van der Waals surface area contributed by atoms with Crippen molar-refractivity contribution < 1.29 is 19.1 Å². The van der Waals surface area contributed by atoms with E-state index >= 15 is 0 Å². The molecule has 10 heteroatoms. The van der Waals surface area contributed by atoms with Gasteiger partial charge in [0.15, 0.2) is 4.80 Å². The van der Waals surface area contributed by atoms with Gasteiger partial charge in [0, 0.05) is 22.0 Å². The molecule has 228 valence electrons. The van der Waals surface area contributed by atoms with E-state index in [0.717, 1.165) is 38.7 Å². The summed E-state index contributed by atoms with van der Waals surface area (Å²) >= 11 is 2.92. The molecule has 0 aliphatic carbocycles. The third-order valence-corrected chi connectivity index (χ3v) is 9.45. The van der Waals surface area contributed by atoms with Crippen LogP contribution in [0.4, 0.5) is 0 Å². The molecule has 0 saturated carbocycles. The van der Waals surface area contributed by atoms with Crippen molar-refractivity contribution in [2.24, 2.45) is 4.99 Å². The molecule has 0 N–H and O–H groups in total. The predicted octanol–water partition coefficient (Wildman–Crippen LogP) is 5.41. The van der Waals surface area contributed by atoms with Gasteiger partial charge in [-0.2, -0.15) is 0 Å². The van der Waals surface area contributed by atoms with Crippen molar-refractivity contribution in [3.8, 4) is 5.69 Å². The van der Waals surface area contributed by atoms with E-state index in [1.54, 1.807) is 43.2 Å². The lowest BCUT2D eigenvalue weighted by atomic mass is 9.96. The fraction of sp³-hybridized carbons (Fsp3) is 0.294. The first-order valence-electron chi connectivity index (χ1n) is 14.2. The first kappa shape index (κ1) is 31.3. The second-order valence-electron chi connectivity index (χ2n) is 10.9. The predicted molar refractivity (Wildman–Crippen MR) is 175 cm³/mol. The van der Waals surface area contributed by atoms with Crippen molar-refractivity contribution in [1.29, 1.82) is 0 Å². The van der Waals surface area contributed by atoms with Gasteiger partial charge in [0.2, 0.25) is 0 Å². The third kappa shape index (κ3) is 5.59. The molecule has 44 heavy (non-hydrogen) atoms. The number of esters is 2. The van der Waals surface area contributed by atoms with Crippen LogP contribution in [0.2, 0.25) is 0 Å². The first-order valence-corrected chi connectivity index (χ1v) is 16.3. The van der Waals surface area contributed by atoms with Crippen molar-refractivity contribution >= 4 is 41.1 Å². The molecule has 0 saturated heterocycles. The standard InChI is InChI=1S/C34H35N3O5S2/c1-18(2)42-33(40)29-21(5)35-34-37(30(29)23-12-14-25(43-8)15-13-23)31(38)28(44-34)17-24-16-19(3)36(22(24)6)27-11-9-10-26(20(27)4)32(39)41-7/h9-18,30H,1-8H3/b28-17-/t30-/m1/s1. The topological polar surface area (TPSA) is 91.9 Å². The van der Waals surface area contributed by atoms with Gasteiger partial charge in [-0.1, -0.05) is 29.5 Å². The lowest BCUT2D eigenvalue weighted by Crippen LogP contribution is -2.40. The van der Waals surface area contributed by atoms with E-state index in [9.17, 15) is 14.4 Å². The van der Waals surface area contributed by atoms with Gasteiger partial charge in [0.05, 0.1) is 40.6 Å². The van der Waals surface area contributed by atoms with Gasteiger partial charge in [-0.25, -0.2) is 14.6 Å². The highest BCUT2D eigenvalue weighted by Gasteiger charge is 2.34. The van der Waals surface area contributed by atoms with E-state index in [-0.39, 0.29) is 11.7 Å². The number of methoxy groups -OCH3 is 1. The van der Waals surface area contributed by atoms with E-state index in [1.807, 2.05) is 75.6 Å². The number of allylic oxidation sites excluding steroid dienone is 1. The van der Waals surface area contributed by atoms with Gasteiger partial charge >= 0.3 is 11.9 Å². The fourth-order valence-corrected chi connectivity index (χ4v) is 7.05. The number of aryl methyl sites for hydroxylation is 1. The monoisotopic (exact) mass is 629 g/mol. The van der Waals surface area contributed by atoms with Crippen molar-refractivity contribution in [1.82, 2.24) is 9.13 Å². The number of thiazole rings is 1. The van der Waals surface area contributed by atoms with Crippen molar-refractivity contribution in [3.63, 3.8) is 0 Å². The molecular weight excluding hydrogens is 595 g/mol. The summed E-state index contributed by atoms with van der Waals surface area (Å²) in [6.07, 6.45) is 3.56. The Balaban J connectivity index is 1.67. The molecule has 0 bridgehead atoms. The zero-order valence-electron chi connectivity index (χ0n) is 26.1. The summed E-state index contributed by atoms with van der Waals surface area (Å²) in [7, 11) is 1.37. The third-order valence-electron chi connectivity index (χ3n) is 7.72. The quantitative estimate of drug-likeness (QED) is 0.201. The Kier molecular flexibility index (Phi) is 8.85. The van der Waals surface area contributed by atoms with Crippen LogP contribution in [0, 0.1) is 20.8 Å². The molecule has 0 radical (unpaired) electrons. The van der Waals surface area contributed by atoms with E-state index < -0.39 is 18.0 Å². The molecule has 1 atom stereocenters. The van der Waals surface area contributed by atoms with Crippen LogP contribution in [0.25, 0.3) is 11.8 Å². The second-order valence-corrected chi connectivity index (χ2v) is 12.8. The molecule has 5 rings (SSSR count). The number of thioether (sulfide) groups is 1. The number of ether oxygens (including phenoxy) is 2. The summed E-state index contributed by atoms with van der Waals surface area (Å²) in [5.74, 6) is -0.875. The Morgan fingerprint density at radius 1 is 1.05 bits per heavy atom. The van der Waals surface area contributed by atoms with Crippen molar-refractivity contribution in [3.05, 3.63) is 113 Å². The molecule has 1 aliphatic rings. The fourth-order valence-electron chi connectivity index (χ4n) is 5.60. The number of nitrogens with zero attached hydrogens (tertiary/aromatic N) is 3.